The topological polar surface area (TPSA) is 105 Å². The fraction of sp³-hybridized carbons (Fsp3) is 0.744. The van der Waals surface area contributed by atoms with Crippen molar-refractivity contribution in [2.45, 2.75) is 167 Å². The minimum atomic E-state index is -4.35. The fourth-order valence-electron chi connectivity index (χ4n) is 5.42. The van der Waals surface area contributed by atoms with E-state index >= 15 is 0 Å². The number of carbonyl (C=O) groups is 1. The first kappa shape index (κ1) is 50.2. The third-order valence-corrected chi connectivity index (χ3v) is 9.71. The zero-order valence-corrected chi connectivity index (χ0v) is 34.9. The Morgan fingerprint density at radius 1 is 0.673 bits per heavy atom. The minimum Gasteiger partial charge on any atom is -0.387 e. The van der Waals surface area contributed by atoms with Crippen molar-refractivity contribution in [3.63, 3.8) is 0 Å². The Balaban J connectivity index is 4.53. The molecule has 0 fully saturated rings. The van der Waals surface area contributed by atoms with Crippen LogP contribution in [0.15, 0.2) is 60.8 Å². The van der Waals surface area contributed by atoms with Crippen LogP contribution in [0.4, 0.5) is 0 Å². The van der Waals surface area contributed by atoms with Gasteiger partial charge in [-0.2, -0.15) is 0 Å². The second kappa shape index (κ2) is 34.9. The number of rotatable bonds is 36. The van der Waals surface area contributed by atoms with Crippen molar-refractivity contribution >= 4 is 13.7 Å². The number of amides is 1. The average molecular weight is 752 g/mol. The van der Waals surface area contributed by atoms with E-state index < -0.39 is 20.0 Å². The fourth-order valence-corrected chi connectivity index (χ4v) is 6.16. The van der Waals surface area contributed by atoms with Gasteiger partial charge in [0.05, 0.1) is 39.9 Å². The van der Waals surface area contributed by atoms with Crippen LogP contribution >= 0.6 is 7.82 Å². The molecule has 0 saturated carbocycles. The Bertz CT molecular complexity index is 1030. The molecule has 3 N–H and O–H groups in total. The molecule has 0 aliphatic heterocycles. The number of aliphatic hydroxyl groups excluding tert-OH is 1. The number of quaternary nitrogens is 1. The second-order valence-electron chi connectivity index (χ2n) is 15.0. The van der Waals surface area contributed by atoms with Crippen LogP contribution in [0.5, 0.6) is 0 Å². The molecule has 0 spiro atoms. The third kappa shape index (κ3) is 36.6. The highest BCUT2D eigenvalue weighted by molar-refractivity contribution is 7.47. The number of phosphoric ester groups is 1. The quantitative estimate of drug-likeness (QED) is 0.0255. The van der Waals surface area contributed by atoms with Crippen LogP contribution in [0, 0.1) is 0 Å². The van der Waals surface area contributed by atoms with Crippen LogP contribution in [0.25, 0.3) is 0 Å². The molecule has 8 nitrogen and oxygen atoms in total. The highest BCUT2D eigenvalue weighted by Gasteiger charge is 2.27. The van der Waals surface area contributed by atoms with Gasteiger partial charge in [0.1, 0.15) is 13.2 Å². The van der Waals surface area contributed by atoms with Crippen molar-refractivity contribution in [2.75, 3.05) is 40.9 Å². The maximum absolute atomic E-state index is 12.8. The Hall–Kier alpha value is -1.80. The van der Waals surface area contributed by atoms with Gasteiger partial charge in [0.2, 0.25) is 5.91 Å². The monoisotopic (exact) mass is 752 g/mol. The zero-order chi connectivity index (χ0) is 38.6. The smallest absolute Gasteiger partial charge is 0.387 e. The van der Waals surface area contributed by atoms with Gasteiger partial charge in [-0.3, -0.25) is 13.8 Å². The van der Waals surface area contributed by atoms with Crippen LogP contribution in [0.3, 0.4) is 0 Å². The molecule has 0 radical (unpaired) electrons. The molecule has 0 bridgehead atoms. The lowest BCUT2D eigenvalue weighted by atomic mass is 10.1. The second-order valence-corrected chi connectivity index (χ2v) is 16.4. The SMILES string of the molecule is CC/C=C\C/C=C\C/C=C\CCCCCCCCCC(=O)NC(COP(=O)(O)OCC[N+](C)(C)C)C(O)/C=C/CC/C=C/CCCCCCCCC. The number of nitrogens with one attached hydrogen (secondary N) is 1. The summed E-state index contributed by atoms with van der Waals surface area (Å²) in [4.78, 5) is 23.0. The summed E-state index contributed by atoms with van der Waals surface area (Å²) in [5.74, 6) is -0.202. The Morgan fingerprint density at radius 3 is 1.77 bits per heavy atom. The average Bonchev–Trinajstić information content (AvgIpc) is 3.09. The first-order valence-electron chi connectivity index (χ1n) is 20.7. The van der Waals surface area contributed by atoms with E-state index in [0.717, 1.165) is 70.6 Å². The Kier molecular flexibility index (Phi) is 33.7. The molecule has 0 heterocycles. The minimum absolute atomic E-state index is 0.0513. The molecule has 3 unspecified atom stereocenters. The van der Waals surface area contributed by atoms with Crippen molar-refractivity contribution in [3.05, 3.63) is 60.8 Å². The van der Waals surface area contributed by atoms with Crippen LogP contribution in [0.2, 0.25) is 0 Å². The lowest BCUT2D eigenvalue weighted by Gasteiger charge is -2.25. The lowest BCUT2D eigenvalue weighted by Crippen LogP contribution is -2.45. The van der Waals surface area contributed by atoms with E-state index in [4.69, 9.17) is 9.05 Å². The number of allylic oxidation sites excluding steroid dienone is 9. The highest BCUT2D eigenvalue weighted by Crippen LogP contribution is 2.43. The largest absolute Gasteiger partial charge is 0.472 e. The van der Waals surface area contributed by atoms with Gasteiger partial charge < -0.3 is 19.8 Å². The van der Waals surface area contributed by atoms with Gasteiger partial charge in [-0.05, 0) is 64.2 Å². The van der Waals surface area contributed by atoms with Gasteiger partial charge in [-0.15, -0.1) is 0 Å². The van der Waals surface area contributed by atoms with Crippen LogP contribution in [0.1, 0.15) is 155 Å². The van der Waals surface area contributed by atoms with E-state index in [2.05, 4.69) is 67.8 Å². The molecule has 302 valence electrons. The number of likely N-dealkylation sites (N-methyl/N-ethyl adjacent to an activating group) is 1. The van der Waals surface area contributed by atoms with Gasteiger partial charge in [0.15, 0.2) is 0 Å². The van der Waals surface area contributed by atoms with E-state index in [-0.39, 0.29) is 19.1 Å². The molecular formula is C43H80N2O6P+. The predicted octanol–water partition coefficient (Wildman–Crippen LogP) is 11.1. The Labute approximate surface area is 320 Å². The molecule has 0 aromatic rings. The highest BCUT2D eigenvalue weighted by atomic mass is 31.2. The summed E-state index contributed by atoms with van der Waals surface area (Å²) in [6.07, 6.45) is 44.3. The number of hydrogen-bond donors (Lipinski definition) is 3. The van der Waals surface area contributed by atoms with E-state index in [0.29, 0.717) is 17.4 Å². The normalized spacial score (nSPS) is 15.1. The molecule has 0 aliphatic rings. The Morgan fingerprint density at radius 2 is 1.17 bits per heavy atom. The summed E-state index contributed by atoms with van der Waals surface area (Å²) in [5, 5.41) is 13.7. The van der Waals surface area contributed by atoms with E-state index in [1.807, 2.05) is 27.2 Å². The zero-order valence-electron chi connectivity index (χ0n) is 34.0. The van der Waals surface area contributed by atoms with Crippen molar-refractivity contribution < 1.29 is 32.9 Å². The van der Waals surface area contributed by atoms with Crippen molar-refractivity contribution in [1.29, 1.82) is 0 Å². The molecule has 9 heteroatoms. The van der Waals surface area contributed by atoms with Crippen LogP contribution in [-0.2, 0) is 18.4 Å². The summed E-state index contributed by atoms with van der Waals surface area (Å²) in [6.45, 7) is 4.64. The summed E-state index contributed by atoms with van der Waals surface area (Å²) in [7, 11) is 1.53. The summed E-state index contributed by atoms with van der Waals surface area (Å²) >= 11 is 0. The van der Waals surface area contributed by atoms with Gasteiger partial charge in [-0.25, -0.2) is 4.57 Å². The number of unbranched alkanes of at least 4 members (excludes halogenated alkanes) is 15. The number of carbonyl (C=O) groups excluding carboxylic acids is 1. The van der Waals surface area contributed by atoms with E-state index in [9.17, 15) is 19.4 Å². The van der Waals surface area contributed by atoms with Gasteiger partial charge in [0, 0.05) is 6.42 Å². The maximum atomic E-state index is 12.8. The van der Waals surface area contributed by atoms with Crippen molar-refractivity contribution in [3.8, 4) is 0 Å². The number of aliphatic hydroxyl groups is 1. The third-order valence-electron chi connectivity index (χ3n) is 8.72. The standard InChI is InChI=1S/C43H79N2O6P/c1-6-8-10-12-14-16-18-20-21-22-23-25-27-29-31-33-35-37-43(47)44-41(40-51-52(48,49)50-39-38-45(3,4)5)42(46)36-34-32-30-28-26-24-19-17-15-13-11-9-7-2/h8,10,14,16,20-21,26,28,34,36,41-42,46H,6-7,9,11-13,15,17-19,22-25,27,29-33,35,37-40H2,1-5H3,(H-,44,47,48,49)/p+1/b10-8-,16-14-,21-20-,28-26+,36-34+. The molecule has 0 rings (SSSR count). The number of nitrogens with zero attached hydrogens (tertiary/aromatic N) is 1. The first-order valence-corrected chi connectivity index (χ1v) is 22.2. The van der Waals surface area contributed by atoms with Gasteiger partial charge in [-0.1, -0.05) is 145 Å². The molecule has 52 heavy (non-hydrogen) atoms. The summed E-state index contributed by atoms with van der Waals surface area (Å²) in [6, 6.07) is -0.868. The molecule has 0 saturated heterocycles. The predicted molar refractivity (Wildman–Crippen MR) is 221 cm³/mol. The van der Waals surface area contributed by atoms with E-state index in [1.54, 1.807) is 6.08 Å². The molecular weight excluding hydrogens is 671 g/mol. The number of hydrogen-bond acceptors (Lipinski definition) is 5. The van der Waals surface area contributed by atoms with Crippen molar-refractivity contribution in [2.24, 2.45) is 0 Å². The van der Waals surface area contributed by atoms with Crippen LogP contribution < -0.4 is 5.32 Å². The first-order chi connectivity index (χ1) is 25.0. The molecule has 0 aromatic carbocycles. The summed E-state index contributed by atoms with van der Waals surface area (Å²) < 4.78 is 23.5. The lowest BCUT2D eigenvalue weighted by molar-refractivity contribution is -0.870. The number of phosphoric acid groups is 1. The van der Waals surface area contributed by atoms with Gasteiger partial charge in [0.25, 0.3) is 0 Å². The molecule has 0 aliphatic carbocycles. The van der Waals surface area contributed by atoms with Crippen molar-refractivity contribution in [1.82, 2.24) is 5.32 Å². The van der Waals surface area contributed by atoms with Crippen LogP contribution in [-0.4, -0.2) is 73.4 Å². The summed E-state index contributed by atoms with van der Waals surface area (Å²) in [5.41, 5.74) is 0. The van der Waals surface area contributed by atoms with E-state index in [1.165, 1.54) is 64.2 Å². The molecule has 3 atom stereocenters. The molecule has 0 aromatic heterocycles. The molecule has 1 amide bonds. The maximum Gasteiger partial charge on any atom is 0.472 e. The van der Waals surface area contributed by atoms with Gasteiger partial charge >= 0.3 is 7.82 Å².